The largest absolute Gasteiger partial charge is 0.330 e. The molecule has 0 aliphatic carbocycles. The van der Waals surface area contributed by atoms with Crippen LogP contribution in [-0.2, 0) is 0 Å². The third-order valence-electron chi connectivity index (χ3n) is 4.02. The van der Waals surface area contributed by atoms with Crippen molar-refractivity contribution in [3.8, 4) is 0 Å². The van der Waals surface area contributed by atoms with Gasteiger partial charge in [-0.15, -0.1) is 0 Å². The summed E-state index contributed by atoms with van der Waals surface area (Å²) in [6.07, 6.45) is 18.2. The Bertz CT molecular complexity index is 145. The van der Waals surface area contributed by atoms with Crippen LogP contribution in [0.5, 0.6) is 0 Å². The summed E-state index contributed by atoms with van der Waals surface area (Å²) in [7, 11) is 0. The molecule has 0 aliphatic rings. The van der Waals surface area contributed by atoms with Gasteiger partial charge in [0.05, 0.1) is 0 Å². The first-order chi connectivity index (χ1) is 8.85. The fraction of sp³-hybridized carbons (Fsp3) is 1.00. The van der Waals surface area contributed by atoms with Crippen LogP contribution in [0.3, 0.4) is 0 Å². The van der Waals surface area contributed by atoms with Crippen molar-refractivity contribution < 1.29 is 0 Å². The molecule has 0 aromatic carbocycles. The van der Waals surface area contributed by atoms with Crippen LogP contribution in [0.25, 0.3) is 0 Å². The monoisotopic (exact) mass is 255 g/mol. The zero-order valence-electron chi connectivity index (χ0n) is 13.1. The van der Waals surface area contributed by atoms with Crippen LogP contribution in [0.2, 0.25) is 0 Å². The first-order valence-electron chi connectivity index (χ1n) is 8.55. The number of rotatable bonds is 14. The lowest BCUT2D eigenvalue weighted by Gasteiger charge is -2.14. The zero-order valence-corrected chi connectivity index (χ0v) is 13.1. The molecule has 1 heteroatoms. The summed E-state index contributed by atoms with van der Waals surface area (Å²) < 4.78 is 0. The van der Waals surface area contributed by atoms with E-state index in [2.05, 4.69) is 13.8 Å². The summed E-state index contributed by atoms with van der Waals surface area (Å²) in [6, 6.07) is 0. The van der Waals surface area contributed by atoms with E-state index in [1.165, 1.54) is 83.5 Å². The van der Waals surface area contributed by atoms with Gasteiger partial charge in [-0.1, -0.05) is 84.5 Å². The maximum absolute atomic E-state index is 5.88. The predicted molar refractivity (Wildman–Crippen MR) is 83.9 cm³/mol. The van der Waals surface area contributed by atoms with Gasteiger partial charge in [0, 0.05) is 0 Å². The first-order valence-corrected chi connectivity index (χ1v) is 8.55. The van der Waals surface area contributed by atoms with Crippen molar-refractivity contribution in [2.75, 3.05) is 6.54 Å². The van der Waals surface area contributed by atoms with Crippen LogP contribution in [0.1, 0.15) is 97.3 Å². The quantitative estimate of drug-likeness (QED) is 0.397. The lowest BCUT2D eigenvalue weighted by molar-refractivity contribution is 0.411. The van der Waals surface area contributed by atoms with E-state index in [0.717, 1.165) is 12.5 Å². The molecule has 0 fully saturated rings. The minimum absolute atomic E-state index is 0.804. The molecule has 0 aromatic rings. The van der Waals surface area contributed by atoms with E-state index in [1.54, 1.807) is 0 Å². The number of nitrogens with two attached hydrogens (primary N) is 1. The van der Waals surface area contributed by atoms with Gasteiger partial charge in [0.2, 0.25) is 0 Å². The molecule has 0 amide bonds. The lowest BCUT2D eigenvalue weighted by Crippen LogP contribution is -2.14. The maximum Gasteiger partial charge on any atom is -0.00489 e. The van der Waals surface area contributed by atoms with Crippen LogP contribution >= 0.6 is 0 Å². The van der Waals surface area contributed by atoms with Crippen molar-refractivity contribution in [2.24, 2.45) is 11.7 Å². The molecule has 110 valence electrons. The van der Waals surface area contributed by atoms with Crippen LogP contribution in [0.15, 0.2) is 0 Å². The fourth-order valence-electron chi connectivity index (χ4n) is 2.63. The van der Waals surface area contributed by atoms with Gasteiger partial charge in [0.15, 0.2) is 0 Å². The van der Waals surface area contributed by atoms with E-state index < -0.39 is 0 Å². The van der Waals surface area contributed by atoms with E-state index >= 15 is 0 Å². The highest BCUT2D eigenvalue weighted by molar-refractivity contribution is 4.61. The third kappa shape index (κ3) is 12.4. The summed E-state index contributed by atoms with van der Waals surface area (Å²) in [6.45, 7) is 5.47. The molecule has 0 bridgehead atoms. The summed E-state index contributed by atoms with van der Waals surface area (Å²) in [5, 5.41) is 0. The first kappa shape index (κ1) is 18.0. The van der Waals surface area contributed by atoms with Gasteiger partial charge in [-0.05, 0) is 25.3 Å². The third-order valence-corrected chi connectivity index (χ3v) is 4.02. The van der Waals surface area contributed by atoms with Gasteiger partial charge in [0.1, 0.15) is 0 Å². The van der Waals surface area contributed by atoms with E-state index in [-0.39, 0.29) is 0 Å². The van der Waals surface area contributed by atoms with Gasteiger partial charge < -0.3 is 5.73 Å². The number of hydrogen-bond donors (Lipinski definition) is 1. The van der Waals surface area contributed by atoms with Crippen LogP contribution in [0.4, 0.5) is 0 Å². The highest BCUT2D eigenvalue weighted by Gasteiger charge is 2.05. The Morgan fingerprint density at radius 2 is 1.00 bits per heavy atom. The second kappa shape index (κ2) is 15.0. The van der Waals surface area contributed by atoms with E-state index in [0.29, 0.717) is 0 Å². The molecule has 1 nitrogen and oxygen atoms in total. The average molecular weight is 255 g/mol. The smallest absolute Gasteiger partial charge is 0.00489 e. The number of hydrogen-bond acceptors (Lipinski definition) is 1. The average Bonchev–Trinajstić information content (AvgIpc) is 2.40. The Morgan fingerprint density at radius 3 is 1.39 bits per heavy atom. The molecule has 0 aromatic heterocycles. The van der Waals surface area contributed by atoms with Crippen LogP contribution < -0.4 is 5.73 Å². The molecule has 0 saturated carbocycles. The second-order valence-electron chi connectivity index (χ2n) is 5.86. The van der Waals surface area contributed by atoms with E-state index in [4.69, 9.17) is 5.73 Å². The molecule has 0 saturated heterocycles. The molecule has 0 rings (SSSR count). The molecule has 0 spiro atoms. The Labute approximate surface area is 116 Å². The van der Waals surface area contributed by atoms with Gasteiger partial charge in [-0.2, -0.15) is 0 Å². The van der Waals surface area contributed by atoms with E-state index in [9.17, 15) is 0 Å². The topological polar surface area (TPSA) is 26.0 Å². The van der Waals surface area contributed by atoms with Crippen molar-refractivity contribution in [1.82, 2.24) is 0 Å². The minimum Gasteiger partial charge on any atom is -0.330 e. The van der Waals surface area contributed by atoms with Gasteiger partial charge in [-0.3, -0.25) is 0 Å². The fourth-order valence-corrected chi connectivity index (χ4v) is 2.63. The molecule has 1 atom stereocenters. The lowest BCUT2D eigenvalue weighted by atomic mass is 9.94. The van der Waals surface area contributed by atoms with Gasteiger partial charge in [-0.25, -0.2) is 0 Å². The SMILES string of the molecule is CCCCCCCCC(CN)CCCCCCC. The summed E-state index contributed by atoms with van der Waals surface area (Å²) in [4.78, 5) is 0. The van der Waals surface area contributed by atoms with Crippen LogP contribution in [-0.4, -0.2) is 6.54 Å². The number of unbranched alkanes of at least 4 members (excludes halogenated alkanes) is 9. The molecule has 18 heavy (non-hydrogen) atoms. The van der Waals surface area contributed by atoms with E-state index in [1.807, 2.05) is 0 Å². The zero-order chi connectivity index (χ0) is 13.5. The molecule has 2 N–H and O–H groups in total. The van der Waals surface area contributed by atoms with Gasteiger partial charge in [0.25, 0.3) is 0 Å². The normalized spacial score (nSPS) is 12.8. The molecular weight excluding hydrogens is 218 g/mol. The van der Waals surface area contributed by atoms with Crippen molar-refractivity contribution in [3.63, 3.8) is 0 Å². The molecular formula is C17H37N. The Balaban J connectivity index is 3.29. The Kier molecular flexibility index (Phi) is 15.0. The molecule has 0 aliphatic heterocycles. The Morgan fingerprint density at radius 1 is 0.611 bits per heavy atom. The summed E-state index contributed by atoms with van der Waals surface area (Å²) in [5.41, 5.74) is 5.88. The van der Waals surface area contributed by atoms with Crippen molar-refractivity contribution in [1.29, 1.82) is 0 Å². The van der Waals surface area contributed by atoms with Crippen molar-refractivity contribution >= 4 is 0 Å². The van der Waals surface area contributed by atoms with Crippen molar-refractivity contribution in [3.05, 3.63) is 0 Å². The summed E-state index contributed by atoms with van der Waals surface area (Å²) >= 11 is 0. The predicted octanol–water partition coefficient (Wildman–Crippen LogP) is 5.67. The highest BCUT2D eigenvalue weighted by Crippen LogP contribution is 2.18. The Hall–Kier alpha value is -0.0400. The highest BCUT2D eigenvalue weighted by atomic mass is 14.5. The molecule has 0 heterocycles. The second-order valence-corrected chi connectivity index (χ2v) is 5.86. The maximum atomic E-state index is 5.88. The summed E-state index contributed by atoms with van der Waals surface area (Å²) in [5.74, 6) is 0.804. The standard InChI is InChI=1S/C17H37N/c1-3-5-7-9-11-13-15-17(16-18)14-12-10-8-6-4-2/h17H,3-16,18H2,1-2H3. The van der Waals surface area contributed by atoms with Crippen LogP contribution in [0, 0.1) is 5.92 Å². The molecule has 1 unspecified atom stereocenters. The minimum atomic E-state index is 0.804. The molecule has 0 radical (unpaired) electrons. The van der Waals surface area contributed by atoms with Gasteiger partial charge >= 0.3 is 0 Å². The van der Waals surface area contributed by atoms with Crippen molar-refractivity contribution in [2.45, 2.75) is 97.3 Å².